The van der Waals surface area contributed by atoms with Crippen LogP contribution >= 0.6 is 0 Å². The average molecular weight is 360 g/mol. The van der Waals surface area contributed by atoms with Gasteiger partial charge in [0.2, 0.25) is 5.75 Å². The van der Waals surface area contributed by atoms with Crippen molar-refractivity contribution in [3.8, 4) is 17.2 Å². The van der Waals surface area contributed by atoms with Gasteiger partial charge in [-0.25, -0.2) is 0 Å². The second-order valence-electron chi connectivity index (χ2n) is 7.62. The Morgan fingerprint density at radius 1 is 0.923 bits per heavy atom. The zero-order valence-corrected chi connectivity index (χ0v) is 15.8. The SMILES string of the molecule is COc1cc(C(=O)NC2C[C@H]3CC[C@@H](C2)N3C2CC2)cc(OC)c1OC. The highest BCUT2D eigenvalue weighted by Crippen LogP contribution is 2.43. The van der Waals surface area contributed by atoms with Crippen molar-refractivity contribution in [3.63, 3.8) is 0 Å². The molecule has 1 saturated carbocycles. The lowest BCUT2D eigenvalue weighted by Crippen LogP contribution is -2.51. The summed E-state index contributed by atoms with van der Waals surface area (Å²) in [7, 11) is 4.68. The van der Waals surface area contributed by atoms with E-state index in [0.717, 1.165) is 18.9 Å². The van der Waals surface area contributed by atoms with Gasteiger partial charge in [-0.2, -0.15) is 0 Å². The van der Waals surface area contributed by atoms with Crippen LogP contribution in [0.2, 0.25) is 0 Å². The summed E-state index contributed by atoms with van der Waals surface area (Å²) < 4.78 is 16.1. The highest BCUT2D eigenvalue weighted by Gasteiger charge is 2.47. The number of carbonyl (C=O) groups is 1. The normalized spacial score (nSPS) is 27.9. The quantitative estimate of drug-likeness (QED) is 0.845. The van der Waals surface area contributed by atoms with Crippen molar-refractivity contribution in [1.29, 1.82) is 0 Å². The molecule has 2 bridgehead atoms. The number of ether oxygens (including phenoxy) is 3. The number of piperidine rings is 1. The summed E-state index contributed by atoms with van der Waals surface area (Å²) in [6.07, 6.45) is 7.38. The summed E-state index contributed by atoms with van der Waals surface area (Å²) in [4.78, 5) is 15.6. The smallest absolute Gasteiger partial charge is 0.251 e. The Morgan fingerprint density at radius 2 is 1.46 bits per heavy atom. The molecule has 4 rings (SSSR count). The van der Waals surface area contributed by atoms with Gasteiger partial charge in [0.15, 0.2) is 11.5 Å². The fraction of sp³-hybridized carbons (Fsp3) is 0.650. The van der Waals surface area contributed by atoms with Crippen molar-refractivity contribution >= 4 is 5.91 Å². The number of amides is 1. The van der Waals surface area contributed by atoms with Crippen molar-refractivity contribution in [2.75, 3.05) is 21.3 Å². The maximum atomic E-state index is 12.8. The molecule has 26 heavy (non-hydrogen) atoms. The monoisotopic (exact) mass is 360 g/mol. The first-order chi connectivity index (χ1) is 12.6. The van der Waals surface area contributed by atoms with Gasteiger partial charge in [0.05, 0.1) is 21.3 Å². The molecular formula is C20H28N2O4. The number of rotatable bonds is 6. The molecule has 1 amide bonds. The fourth-order valence-corrected chi connectivity index (χ4v) is 4.78. The van der Waals surface area contributed by atoms with Crippen LogP contribution in [0.25, 0.3) is 0 Å². The van der Waals surface area contributed by atoms with Crippen LogP contribution in [0.3, 0.4) is 0 Å². The van der Waals surface area contributed by atoms with E-state index in [9.17, 15) is 4.79 Å². The van der Waals surface area contributed by atoms with Crippen LogP contribution in [0.15, 0.2) is 12.1 Å². The Morgan fingerprint density at radius 3 is 1.92 bits per heavy atom. The summed E-state index contributed by atoms with van der Waals surface area (Å²) >= 11 is 0. The zero-order chi connectivity index (χ0) is 18.3. The van der Waals surface area contributed by atoms with E-state index < -0.39 is 0 Å². The second kappa shape index (κ2) is 6.99. The first kappa shape index (κ1) is 17.5. The lowest BCUT2D eigenvalue weighted by molar-refractivity contribution is 0.0826. The number of fused-ring (bicyclic) bond motifs is 2. The zero-order valence-electron chi connectivity index (χ0n) is 15.8. The molecule has 0 spiro atoms. The molecular weight excluding hydrogens is 332 g/mol. The van der Waals surface area contributed by atoms with Crippen molar-refractivity contribution in [2.45, 2.75) is 62.7 Å². The molecule has 142 valence electrons. The van der Waals surface area contributed by atoms with E-state index in [1.54, 1.807) is 33.5 Å². The number of methoxy groups -OCH3 is 3. The van der Waals surface area contributed by atoms with Crippen LogP contribution in [0.4, 0.5) is 0 Å². The minimum atomic E-state index is -0.0754. The molecule has 0 radical (unpaired) electrons. The Hall–Kier alpha value is -1.95. The van der Waals surface area contributed by atoms with Gasteiger partial charge in [0, 0.05) is 29.7 Å². The number of benzene rings is 1. The third-order valence-corrected chi connectivity index (χ3v) is 6.02. The maximum Gasteiger partial charge on any atom is 0.251 e. The van der Waals surface area contributed by atoms with E-state index in [-0.39, 0.29) is 11.9 Å². The molecule has 3 fully saturated rings. The fourth-order valence-electron chi connectivity index (χ4n) is 4.78. The molecule has 3 atom stereocenters. The standard InChI is InChI=1S/C20H28N2O4/c1-24-17-8-12(9-18(25-2)19(17)26-3)20(23)21-13-10-15-6-7-16(11-13)22(15)14-4-5-14/h8-9,13-16H,4-7,10-11H2,1-3H3,(H,21,23)/t13?,15-,16+. The van der Waals surface area contributed by atoms with Crippen LogP contribution in [-0.2, 0) is 0 Å². The molecule has 6 heteroatoms. The van der Waals surface area contributed by atoms with Crippen LogP contribution in [-0.4, -0.2) is 56.3 Å². The molecule has 1 unspecified atom stereocenters. The number of nitrogens with one attached hydrogen (secondary N) is 1. The van der Waals surface area contributed by atoms with Gasteiger partial charge in [0.1, 0.15) is 0 Å². The molecule has 2 heterocycles. The predicted molar refractivity (Wildman–Crippen MR) is 98.3 cm³/mol. The minimum Gasteiger partial charge on any atom is -0.493 e. The van der Waals surface area contributed by atoms with Crippen molar-refractivity contribution in [3.05, 3.63) is 17.7 Å². The van der Waals surface area contributed by atoms with Gasteiger partial charge in [0.25, 0.3) is 5.91 Å². The van der Waals surface area contributed by atoms with Crippen molar-refractivity contribution < 1.29 is 19.0 Å². The highest BCUT2D eigenvalue weighted by molar-refractivity contribution is 5.95. The molecule has 3 aliphatic rings. The first-order valence-electron chi connectivity index (χ1n) is 9.53. The van der Waals surface area contributed by atoms with Crippen LogP contribution < -0.4 is 19.5 Å². The van der Waals surface area contributed by atoms with Crippen molar-refractivity contribution in [2.24, 2.45) is 0 Å². The molecule has 6 nitrogen and oxygen atoms in total. The Balaban J connectivity index is 1.47. The van der Waals surface area contributed by atoms with E-state index in [0.29, 0.717) is 34.9 Å². The summed E-state index contributed by atoms with van der Waals surface area (Å²) in [5.41, 5.74) is 0.538. The Kier molecular flexibility index (Phi) is 4.69. The van der Waals surface area contributed by atoms with Crippen LogP contribution in [0.5, 0.6) is 17.2 Å². The summed E-state index contributed by atoms with van der Waals surface area (Å²) in [5, 5.41) is 3.24. The van der Waals surface area contributed by atoms with E-state index in [2.05, 4.69) is 10.2 Å². The Bertz CT molecular complexity index is 649. The van der Waals surface area contributed by atoms with Gasteiger partial charge in [-0.05, 0) is 50.7 Å². The molecule has 1 aromatic carbocycles. The molecule has 1 N–H and O–H groups in total. The maximum absolute atomic E-state index is 12.8. The molecule has 0 aromatic heterocycles. The van der Waals surface area contributed by atoms with Gasteiger partial charge in [-0.1, -0.05) is 0 Å². The van der Waals surface area contributed by atoms with Gasteiger partial charge >= 0.3 is 0 Å². The van der Waals surface area contributed by atoms with Gasteiger partial charge in [-0.3, -0.25) is 9.69 Å². The summed E-state index contributed by atoms with van der Waals surface area (Å²) in [6, 6.07) is 5.78. The average Bonchev–Trinajstić information content (AvgIpc) is 3.46. The van der Waals surface area contributed by atoms with Gasteiger partial charge in [-0.15, -0.1) is 0 Å². The number of hydrogen-bond acceptors (Lipinski definition) is 5. The summed E-state index contributed by atoms with van der Waals surface area (Å²) in [6.45, 7) is 0. The van der Waals surface area contributed by atoms with E-state index >= 15 is 0 Å². The number of hydrogen-bond donors (Lipinski definition) is 1. The van der Waals surface area contributed by atoms with E-state index in [1.165, 1.54) is 25.7 Å². The lowest BCUT2D eigenvalue weighted by atomic mass is 9.96. The molecule has 1 aromatic rings. The van der Waals surface area contributed by atoms with E-state index in [4.69, 9.17) is 14.2 Å². The lowest BCUT2D eigenvalue weighted by Gasteiger charge is -2.39. The molecule has 2 saturated heterocycles. The van der Waals surface area contributed by atoms with Gasteiger partial charge < -0.3 is 19.5 Å². The van der Waals surface area contributed by atoms with Crippen LogP contribution in [0.1, 0.15) is 48.9 Å². The highest BCUT2D eigenvalue weighted by atomic mass is 16.5. The largest absolute Gasteiger partial charge is 0.493 e. The number of carbonyl (C=O) groups excluding carboxylic acids is 1. The van der Waals surface area contributed by atoms with Crippen LogP contribution in [0, 0.1) is 0 Å². The number of nitrogens with zero attached hydrogens (tertiary/aromatic N) is 1. The topological polar surface area (TPSA) is 60.0 Å². The third kappa shape index (κ3) is 3.11. The third-order valence-electron chi connectivity index (χ3n) is 6.02. The van der Waals surface area contributed by atoms with Crippen molar-refractivity contribution in [1.82, 2.24) is 10.2 Å². The second-order valence-corrected chi connectivity index (χ2v) is 7.62. The molecule has 1 aliphatic carbocycles. The first-order valence-corrected chi connectivity index (χ1v) is 9.53. The Labute approximate surface area is 154 Å². The van der Waals surface area contributed by atoms with E-state index in [1.807, 2.05) is 0 Å². The minimum absolute atomic E-state index is 0.0754. The molecule has 2 aliphatic heterocycles. The summed E-state index contributed by atoms with van der Waals surface area (Å²) in [5.74, 6) is 1.43. The predicted octanol–water partition coefficient (Wildman–Crippen LogP) is 2.60.